The van der Waals surface area contributed by atoms with Crippen molar-refractivity contribution in [1.82, 2.24) is 0 Å². The van der Waals surface area contributed by atoms with Gasteiger partial charge in [0.15, 0.2) is 0 Å². The number of rotatable bonds is 5. The molecule has 8 rings (SSSR count). The van der Waals surface area contributed by atoms with E-state index in [1.165, 1.54) is 67.2 Å². The summed E-state index contributed by atoms with van der Waals surface area (Å²) in [6.45, 7) is 11.9. The Hall–Kier alpha value is -3.33. The van der Waals surface area contributed by atoms with Crippen LogP contribution in [-0.2, 0) is 26.4 Å². The fourth-order valence-electron chi connectivity index (χ4n) is 9.94. The van der Waals surface area contributed by atoms with Gasteiger partial charge in [0.05, 0.1) is 0 Å². The van der Waals surface area contributed by atoms with Crippen LogP contribution in [0, 0.1) is 27.7 Å². The van der Waals surface area contributed by atoms with Crippen LogP contribution in [0.1, 0.15) is 57.4 Å². The van der Waals surface area contributed by atoms with E-state index in [0.29, 0.717) is 7.35 Å². The predicted octanol–water partition coefficient (Wildman–Crippen LogP) is 12.5. The Morgan fingerprint density at radius 3 is 1.40 bits per heavy atom. The molecule has 0 saturated carbocycles. The first kappa shape index (κ1) is 31.0. The zero-order valence-electron chi connectivity index (χ0n) is 29.0. The number of fused-ring (bicyclic) bond motifs is 6. The number of hydrogen-bond acceptors (Lipinski definition) is 0. The Morgan fingerprint density at radius 2 is 0.957 bits per heavy atom. The van der Waals surface area contributed by atoms with Crippen molar-refractivity contribution in [3.05, 3.63) is 164 Å². The van der Waals surface area contributed by atoms with Crippen molar-refractivity contribution >= 4 is 20.2 Å². The summed E-state index contributed by atoms with van der Waals surface area (Å²) in [4.78, 5) is 0. The molecule has 0 bridgehead atoms. The quantitative estimate of drug-likeness (QED) is 0.156. The van der Waals surface area contributed by atoms with E-state index in [9.17, 15) is 0 Å². The molecule has 5 aromatic carbocycles. The standard InChI is InChI=1S/C43H40Si.2CH3.Hf/c1-29-13-9-14-30(2)42(29)38-21-11-19-34-25-36(27-40(34)38)44(5,24-23-33-17-7-6-8-18-33)37-26-35-20-12-22-39(41(35)28-37)43-31(3)15-10-16-32(43)4;;;/h6-22,25-28H,23-24H2,1-5H3;2*1H3;. The van der Waals surface area contributed by atoms with E-state index in [1.54, 1.807) is 11.1 Å². The van der Waals surface area contributed by atoms with Crippen LogP contribution in [0.3, 0.4) is 0 Å². The van der Waals surface area contributed by atoms with Crippen LogP contribution < -0.4 is 0 Å². The first-order valence-electron chi connectivity index (χ1n) is 17.5. The summed E-state index contributed by atoms with van der Waals surface area (Å²) in [6, 6.07) is 40.7. The molecule has 2 aliphatic carbocycles. The van der Waals surface area contributed by atoms with Gasteiger partial charge in [-0.15, -0.1) is 0 Å². The van der Waals surface area contributed by atoms with E-state index in [-0.39, 0.29) is 0 Å². The summed E-state index contributed by atoms with van der Waals surface area (Å²) in [6.07, 6.45) is 6.66. The normalized spacial score (nSPS) is 21.8. The molecule has 0 N–H and O–H groups in total. The molecule has 1 aliphatic heterocycles. The molecule has 1 fully saturated rings. The van der Waals surface area contributed by atoms with Crippen molar-refractivity contribution in [1.29, 1.82) is 0 Å². The average molecular weight is 793 g/mol. The molecule has 47 heavy (non-hydrogen) atoms. The number of benzene rings is 5. The van der Waals surface area contributed by atoms with Crippen LogP contribution in [-0.4, -0.2) is 8.07 Å². The second-order valence-corrected chi connectivity index (χ2v) is 36.9. The summed E-state index contributed by atoms with van der Waals surface area (Å²) in [5, 5.41) is 3.69. The third kappa shape index (κ3) is 4.69. The van der Waals surface area contributed by atoms with Gasteiger partial charge in [-0.25, -0.2) is 0 Å². The third-order valence-electron chi connectivity index (χ3n) is 12.1. The van der Waals surface area contributed by atoms with Gasteiger partial charge in [0.1, 0.15) is 0 Å². The second-order valence-electron chi connectivity index (χ2n) is 15.4. The van der Waals surface area contributed by atoms with Crippen LogP contribution in [0.4, 0.5) is 0 Å². The minimum atomic E-state index is -3.15. The Balaban J connectivity index is 1.37. The Bertz CT molecular complexity index is 1960. The molecule has 2 atom stereocenters. The van der Waals surface area contributed by atoms with Crippen LogP contribution in [0.15, 0.2) is 114 Å². The molecule has 0 nitrogen and oxygen atoms in total. The number of hydrogen-bond donors (Lipinski definition) is 0. The second kappa shape index (κ2) is 11.4. The molecular weight excluding hydrogens is 747 g/mol. The Kier molecular flexibility index (Phi) is 7.50. The molecule has 5 aromatic rings. The van der Waals surface area contributed by atoms with E-state index in [2.05, 4.69) is 159 Å². The first-order chi connectivity index (χ1) is 22.6. The van der Waals surface area contributed by atoms with Crippen LogP contribution in [0.25, 0.3) is 34.4 Å². The topological polar surface area (TPSA) is 0 Å². The first-order valence-corrected chi connectivity index (χ1v) is 31.5. The van der Waals surface area contributed by atoms with Crippen molar-refractivity contribution in [3.8, 4) is 22.3 Å². The molecular formula is C45H46HfSi. The van der Waals surface area contributed by atoms with E-state index < -0.39 is 28.0 Å². The Labute approximate surface area is 287 Å². The molecule has 0 aromatic heterocycles. The van der Waals surface area contributed by atoms with E-state index in [1.807, 2.05) is 10.4 Å². The van der Waals surface area contributed by atoms with Gasteiger partial charge in [0.2, 0.25) is 0 Å². The maximum absolute atomic E-state index is 3.15. The van der Waals surface area contributed by atoms with Crippen molar-refractivity contribution in [2.24, 2.45) is 0 Å². The molecule has 0 radical (unpaired) electrons. The predicted molar refractivity (Wildman–Crippen MR) is 202 cm³/mol. The van der Waals surface area contributed by atoms with Crippen LogP contribution in [0.2, 0.25) is 22.0 Å². The van der Waals surface area contributed by atoms with Crippen molar-refractivity contribution in [3.63, 3.8) is 0 Å². The Morgan fingerprint density at radius 1 is 0.532 bits per heavy atom. The molecule has 0 spiro atoms. The molecule has 2 unspecified atom stereocenters. The fourth-order valence-corrected chi connectivity index (χ4v) is 42.2. The monoisotopic (exact) mass is 794 g/mol. The van der Waals surface area contributed by atoms with Crippen molar-refractivity contribution in [2.45, 2.75) is 63.4 Å². The summed E-state index contributed by atoms with van der Waals surface area (Å²) in [5.41, 5.74) is 19.1. The van der Waals surface area contributed by atoms with Gasteiger partial charge >= 0.3 is 289 Å². The zero-order chi connectivity index (χ0) is 32.7. The van der Waals surface area contributed by atoms with E-state index >= 15 is 0 Å². The number of aryl methyl sites for hydroxylation is 5. The molecule has 1 saturated heterocycles. The molecule has 0 amide bonds. The van der Waals surface area contributed by atoms with Gasteiger partial charge in [-0.05, 0) is 0 Å². The summed E-state index contributed by atoms with van der Waals surface area (Å²) >= 11 is -3.15. The molecule has 3 aliphatic rings. The molecule has 2 heteroatoms. The van der Waals surface area contributed by atoms with Crippen molar-refractivity contribution in [2.75, 3.05) is 0 Å². The maximum atomic E-state index is 2.80. The average Bonchev–Trinajstić information content (AvgIpc) is 3.66. The summed E-state index contributed by atoms with van der Waals surface area (Å²) in [5.74, 6) is 0. The summed E-state index contributed by atoms with van der Waals surface area (Å²) in [7, 11) is -2.09. The van der Waals surface area contributed by atoms with E-state index in [4.69, 9.17) is 0 Å². The van der Waals surface area contributed by atoms with Gasteiger partial charge < -0.3 is 0 Å². The van der Waals surface area contributed by atoms with Gasteiger partial charge in [0.25, 0.3) is 0 Å². The van der Waals surface area contributed by atoms with Gasteiger partial charge in [-0.1, -0.05) is 0 Å². The SMILES string of the molecule is Cc1cccc(C)c1-c1cccc2c1C=C1[CH]2[Hf]([CH3])([CH3])[CH]2C(=Cc3c(-c4c(C)cccc4C)cccc32)[Si]1(C)CCc1ccccc1. The summed E-state index contributed by atoms with van der Waals surface area (Å²) < 4.78 is 6.87. The minimum absolute atomic E-state index is 0.631. The number of allylic oxidation sites excluding steroid dienone is 2. The fraction of sp³-hybridized carbons (Fsp3) is 0.244. The van der Waals surface area contributed by atoms with Crippen LogP contribution >= 0.6 is 0 Å². The van der Waals surface area contributed by atoms with E-state index in [0.717, 1.165) is 6.42 Å². The van der Waals surface area contributed by atoms with Gasteiger partial charge in [0, 0.05) is 0 Å². The van der Waals surface area contributed by atoms with Crippen molar-refractivity contribution < 1.29 is 20.0 Å². The zero-order valence-corrected chi connectivity index (χ0v) is 33.6. The van der Waals surface area contributed by atoms with Gasteiger partial charge in [-0.2, -0.15) is 0 Å². The van der Waals surface area contributed by atoms with Crippen LogP contribution in [0.5, 0.6) is 0 Å². The molecule has 1 heterocycles. The third-order valence-corrected chi connectivity index (χ3v) is 34.0. The molecule has 234 valence electrons. The van der Waals surface area contributed by atoms with Gasteiger partial charge in [-0.3, -0.25) is 0 Å².